The molecule has 0 saturated heterocycles. The normalized spacial score (nSPS) is 26.5. The molecule has 0 N–H and O–H groups in total. The predicted octanol–water partition coefficient (Wildman–Crippen LogP) is 2.31. The number of carbonyl (C=O) groups is 1. The number of hydrogen-bond acceptors (Lipinski definition) is 1. The maximum Gasteiger partial charge on any atom is 0.133 e. The van der Waals surface area contributed by atoms with Crippen molar-refractivity contribution in [3.8, 4) is 0 Å². The lowest BCUT2D eigenvalue weighted by Crippen LogP contribution is -1.89. The lowest BCUT2D eigenvalue weighted by molar-refractivity contribution is -0.117. The van der Waals surface area contributed by atoms with Gasteiger partial charge in [0.05, 0.1) is 0 Å². The molecule has 0 aromatic rings. The SMILES string of the molecule is O=C1CC[C@@H](/C=C/CBr)C1. The highest BCUT2D eigenvalue weighted by Crippen LogP contribution is 2.22. The molecule has 56 valence electrons. The maximum atomic E-state index is 10.8. The molecule has 1 aliphatic rings. The van der Waals surface area contributed by atoms with Gasteiger partial charge in [0.1, 0.15) is 5.78 Å². The first kappa shape index (κ1) is 7.99. The molecule has 0 heterocycles. The molecule has 0 aliphatic heterocycles. The minimum Gasteiger partial charge on any atom is -0.300 e. The third-order valence-corrected chi connectivity index (χ3v) is 2.15. The molecule has 1 rings (SSSR count). The Morgan fingerprint density at radius 2 is 2.50 bits per heavy atom. The first-order valence-corrected chi connectivity index (χ1v) is 4.69. The highest BCUT2D eigenvalue weighted by atomic mass is 79.9. The summed E-state index contributed by atoms with van der Waals surface area (Å²) in [4.78, 5) is 10.8. The molecule has 1 atom stereocenters. The van der Waals surface area contributed by atoms with E-state index in [4.69, 9.17) is 0 Å². The van der Waals surface area contributed by atoms with Crippen LogP contribution in [0, 0.1) is 5.92 Å². The molecule has 2 heteroatoms. The standard InChI is InChI=1S/C8H11BrO/c9-5-1-2-7-3-4-8(10)6-7/h1-2,7H,3-6H2/b2-1+/t7-/m1/s1. The summed E-state index contributed by atoms with van der Waals surface area (Å²) in [5.41, 5.74) is 0. The van der Waals surface area contributed by atoms with Crippen LogP contribution in [-0.2, 0) is 4.79 Å². The highest BCUT2D eigenvalue weighted by molar-refractivity contribution is 9.09. The van der Waals surface area contributed by atoms with E-state index in [9.17, 15) is 4.79 Å². The Bertz CT molecular complexity index is 151. The second-order valence-electron chi connectivity index (χ2n) is 2.62. The summed E-state index contributed by atoms with van der Waals surface area (Å²) in [6.45, 7) is 0. The zero-order valence-corrected chi connectivity index (χ0v) is 7.43. The first-order valence-electron chi connectivity index (χ1n) is 3.57. The van der Waals surface area contributed by atoms with E-state index < -0.39 is 0 Å². The number of carbonyl (C=O) groups excluding carboxylic acids is 1. The number of allylic oxidation sites excluding steroid dienone is 2. The summed E-state index contributed by atoms with van der Waals surface area (Å²) in [6, 6.07) is 0. The van der Waals surface area contributed by atoms with Crippen LogP contribution in [0.4, 0.5) is 0 Å². The third-order valence-electron chi connectivity index (χ3n) is 1.78. The molecule has 1 aliphatic carbocycles. The van der Waals surface area contributed by atoms with Crippen molar-refractivity contribution in [3.63, 3.8) is 0 Å². The maximum absolute atomic E-state index is 10.8. The number of halogens is 1. The molecule has 10 heavy (non-hydrogen) atoms. The summed E-state index contributed by atoms with van der Waals surface area (Å²) < 4.78 is 0. The van der Waals surface area contributed by atoms with Crippen molar-refractivity contribution < 1.29 is 4.79 Å². The smallest absolute Gasteiger partial charge is 0.133 e. The second kappa shape index (κ2) is 3.91. The van der Waals surface area contributed by atoms with Gasteiger partial charge in [-0.2, -0.15) is 0 Å². The first-order chi connectivity index (χ1) is 4.83. The van der Waals surface area contributed by atoms with Crippen LogP contribution in [0.15, 0.2) is 12.2 Å². The summed E-state index contributed by atoms with van der Waals surface area (Å²) in [5.74, 6) is 0.953. The zero-order valence-electron chi connectivity index (χ0n) is 5.85. The van der Waals surface area contributed by atoms with E-state index in [2.05, 4.69) is 28.1 Å². The lowest BCUT2D eigenvalue weighted by Gasteiger charge is -1.96. The third kappa shape index (κ3) is 2.25. The summed E-state index contributed by atoms with van der Waals surface area (Å²) in [6.07, 6.45) is 6.83. The molecular weight excluding hydrogens is 192 g/mol. The molecule has 1 nitrogen and oxygen atoms in total. The molecule has 0 bridgehead atoms. The minimum atomic E-state index is 0.421. The van der Waals surface area contributed by atoms with Gasteiger partial charge in [0.15, 0.2) is 0 Å². The van der Waals surface area contributed by atoms with Crippen LogP contribution in [0.25, 0.3) is 0 Å². The van der Waals surface area contributed by atoms with Crippen LogP contribution in [0.2, 0.25) is 0 Å². The molecule has 1 saturated carbocycles. The van der Waals surface area contributed by atoms with Crippen LogP contribution in [0.3, 0.4) is 0 Å². The Balaban J connectivity index is 2.31. The van der Waals surface area contributed by atoms with Crippen LogP contribution in [0.5, 0.6) is 0 Å². The Morgan fingerprint density at radius 3 is 3.00 bits per heavy atom. The largest absolute Gasteiger partial charge is 0.300 e. The van der Waals surface area contributed by atoms with Gasteiger partial charge < -0.3 is 0 Å². The fourth-order valence-corrected chi connectivity index (χ4v) is 1.47. The second-order valence-corrected chi connectivity index (χ2v) is 3.27. The number of ketones is 1. The predicted molar refractivity (Wildman–Crippen MR) is 45.3 cm³/mol. The van der Waals surface area contributed by atoms with E-state index in [0.717, 1.165) is 24.6 Å². The summed E-state index contributed by atoms with van der Waals surface area (Å²) in [5, 5.41) is 0.900. The summed E-state index contributed by atoms with van der Waals surface area (Å²) >= 11 is 3.30. The van der Waals surface area contributed by atoms with Crippen LogP contribution in [0.1, 0.15) is 19.3 Å². The van der Waals surface area contributed by atoms with Gasteiger partial charge in [0.25, 0.3) is 0 Å². The zero-order chi connectivity index (χ0) is 7.40. The van der Waals surface area contributed by atoms with Crippen molar-refractivity contribution in [1.82, 2.24) is 0 Å². The van der Waals surface area contributed by atoms with Gasteiger partial charge in [-0.05, 0) is 12.3 Å². The topological polar surface area (TPSA) is 17.1 Å². The van der Waals surface area contributed by atoms with E-state index in [1.807, 2.05) is 0 Å². The quantitative estimate of drug-likeness (QED) is 0.497. The number of alkyl halides is 1. The monoisotopic (exact) mass is 202 g/mol. The van der Waals surface area contributed by atoms with E-state index >= 15 is 0 Å². The minimum absolute atomic E-state index is 0.421. The average Bonchev–Trinajstić information content (AvgIpc) is 2.31. The van der Waals surface area contributed by atoms with E-state index in [1.54, 1.807) is 0 Å². The Kier molecular flexibility index (Phi) is 3.13. The lowest BCUT2D eigenvalue weighted by atomic mass is 10.1. The van der Waals surface area contributed by atoms with Crippen molar-refractivity contribution in [1.29, 1.82) is 0 Å². The molecule has 0 aromatic heterocycles. The molecule has 0 aromatic carbocycles. The van der Waals surface area contributed by atoms with Gasteiger partial charge in [-0.1, -0.05) is 28.1 Å². The molecule has 0 unspecified atom stereocenters. The fourth-order valence-electron chi connectivity index (χ4n) is 1.25. The molecule has 1 fully saturated rings. The van der Waals surface area contributed by atoms with Crippen molar-refractivity contribution >= 4 is 21.7 Å². The van der Waals surface area contributed by atoms with E-state index in [1.165, 1.54) is 0 Å². The summed E-state index contributed by atoms with van der Waals surface area (Å²) in [7, 11) is 0. The van der Waals surface area contributed by atoms with Crippen molar-refractivity contribution in [2.45, 2.75) is 19.3 Å². The molecule has 0 amide bonds. The van der Waals surface area contributed by atoms with E-state index in [0.29, 0.717) is 11.7 Å². The average molecular weight is 203 g/mol. The molecule has 0 spiro atoms. The van der Waals surface area contributed by atoms with Crippen LogP contribution in [-0.4, -0.2) is 11.1 Å². The highest BCUT2D eigenvalue weighted by Gasteiger charge is 2.18. The van der Waals surface area contributed by atoms with Crippen molar-refractivity contribution in [2.75, 3.05) is 5.33 Å². The van der Waals surface area contributed by atoms with Gasteiger partial charge in [-0.3, -0.25) is 4.79 Å². The number of rotatable bonds is 2. The fraction of sp³-hybridized carbons (Fsp3) is 0.625. The molecular formula is C8H11BrO. The van der Waals surface area contributed by atoms with Crippen LogP contribution >= 0.6 is 15.9 Å². The van der Waals surface area contributed by atoms with Crippen molar-refractivity contribution in [2.24, 2.45) is 5.92 Å². The Labute approximate surface area is 69.6 Å². The Morgan fingerprint density at radius 1 is 1.70 bits per heavy atom. The van der Waals surface area contributed by atoms with Gasteiger partial charge >= 0.3 is 0 Å². The molecule has 0 radical (unpaired) electrons. The van der Waals surface area contributed by atoms with Crippen molar-refractivity contribution in [3.05, 3.63) is 12.2 Å². The number of hydrogen-bond donors (Lipinski definition) is 0. The van der Waals surface area contributed by atoms with Gasteiger partial charge in [-0.15, -0.1) is 0 Å². The van der Waals surface area contributed by atoms with Gasteiger partial charge in [0, 0.05) is 18.2 Å². The van der Waals surface area contributed by atoms with Gasteiger partial charge in [0.2, 0.25) is 0 Å². The Hall–Kier alpha value is -0.110. The number of Topliss-reactive ketones (excluding diaryl/α,β-unsaturated/α-hetero) is 1. The van der Waals surface area contributed by atoms with E-state index in [-0.39, 0.29) is 0 Å². The van der Waals surface area contributed by atoms with Gasteiger partial charge in [-0.25, -0.2) is 0 Å². The van der Waals surface area contributed by atoms with Crippen LogP contribution < -0.4 is 0 Å².